The quantitative estimate of drug-likeness (QED) is 0.655. The Kier molecular flexibility index (Phi) is 4.67. The van der Waals surface area contributed by atoms with Gasteiger partial charge >= 0.3 is 0 Å². The maximum absolute atomic E-state index is 10.8. The lowest BCUT2D eigenvalue weighted by Crippen LogP contribution is -2.22. The molecular weight excluding hydrogens is 284 g/mol. The van der Waals surface area contributed by atoms with Gasteiger partial charge in [-0.2, -0.15) is 10.4 Å². The van der Waals surface area contributed by atoms with Gasteiger partial charge in [0, 0.05) is 4.47 Å². The monoisotopic (exact) mass is 294 g/mol. The number of hydrazone groups is 1. The first-order valence-electron chi connectivity index (χ1n) is 4.90. The average Bonchev–Trinajstić information content (AvgIpc) is 2.31. The first kappa shape index (κ1) is 13.2. The molecule has 0 radical (unpaired) electrons. The van der Waals surface area contributed by atoms with Crippen LogP contribution in [0.25, 0.3) is 0 Å². The van der Waals surface area contributed by atoms with Gasteiger partial charge in [0.05, 0.1) is 5.69 Å². The van der Waals surface area contributed by atoms with Gasteiger partial charge in [-0.1, -0.05) is 22.9 Å². The minimum atomic E-state index is -0.852. The SMILES string of the molecule is CCc1cc(Br)ccc1N/N=C(\C#N)C(N)=O. The Hall–Kier alpha value is -1.87. The molecule has 0 fully saturated rings. The van der Waals surface area contributed by atoms with E-state index in [1.165, 1.54) is 0 Å². The highest BCUT2D eigenvalue weighted by molar-refractivity contribution is 9.10. The molecule has 0 heterocycles. The van der Waals surface area contributed by atoms with Crippen molar-refractivity contribution in [1.82, 2.24) is 0 Å². The molecule has 0 aromatic heterocycles. The van der Waals surface area contributed by atoms with Gasteiger partial charge in [0.15, 0.2) is 0 Å². The number of carbonyl (C=O) groups excluding carboxylic acids is 1. The van der Waals surface area contributed by atoms with Crippen LogP contribution >= 0.6 is 15.9 Å². The van der Waals surface area contributed by atoms with Crippen molar-refractivity contribution in [3.8, 4) is 6.07 Å². The molecule has 0 saturated heterocycles. The molecule has 1 aromatic rings. The topological polar surface area (TPSA) is 91.3 Å². The summed E-state index contributed by atoms with van der Waals surface area (Å²) in [4.78, 5) is 10.8. The fourth-order valence-electron chi connectivity index (χ4n) is 1.22. The standard InChI is InChI=1S/C11H11BrN4O/c1-2-7-5-8(12)3-4-9(7)15-16-10(6-13)11(14)17/h3-5,15H,2H2,1H3,(H2,14,17)/b16-10+. The van der Waals surface area contributed by atoms with Crippen LogP contribution in [0.1, 0.15) is 12.5 Å². The maximum Gasteiger partial charge on any atom is 0.280 e. The molecule has 1 aromatic carbocycles. The zero-order valence-electron chi connectivity index (χ0n) is 9.20. The first-order chi connectivity index (χ1) is 8.08. The van der Waals surface area contributed by atoms with E-state index in [-0.39, 0.29) is 5.71 Å². The van der Waals surface area contributed by atoms with Crippen molar-refractivity contribution >= 4 is 33.2 Å². The second-order valence-electron chi connectivity index (χ2n) is 3.20. The summed E-state index contributed by atoms with van der Waals surface area (Å²) in [6.07, 6.45) is 0.801. The smallest absolute Gasteiger partial charge is 0.280 e. The van der Waals surface area contributed by atoms with Gasteiger partial charge in [0.25, 0.3) is 5.91 Å². The number of aryl methyl sites for hydroxylation is 1. The van der Waals surface area contributed by atoms with Gasteiger partial charge < -0.3 is 5.73 Å². The minimum Gasteiger partial charge on any atom is -0.364 e. The largest absolute Gasteiger partial charge is 0.364 e. The van der Waals surface area contributed by atoms with Gasteiger partial charge in [0.2, 0.25) is 5.71 Å². The molecule has 1 amide bonds. The number of nitrogens with one attached hydrogen (secondary N) is 1. The van der Waals surface area contributed by atoms with Crippen LogP contribution < -0.4 is 11.2 Å². The number of hydrogen-bond donors (Lipinski definition) is 2. The van der Waals surface area contributed by atoms with Crippen LogP contribution in [0, 0.1) is 11.3 Å². The third-order valence-electron chi connectivity index (χ3n) is 2.08. The number of benzene rings is 1. The summed E-state index contributed by atoms with van der Waals surface area (Å²) in [7, 11) is 0. The number of rotatable bonds is 4. The van der Waals surface area contributed by atoms with Crippen LogP contribution in [0.2, 0.25) is 0 Å². The lowest BCUT2D eigenvalue weighted by atomic mass is 10.1. The van der Waals surface area contributed by atoms with E-state index in [1.54, 1.807) is 6.07 Å². The molecule has 0 bridgehead atoms. The number of amides is 1. The zero-order chi connectivity index (χ0) is 12.8. The molecule has 0 unspecified atom stereocenters. The van der Waals surface area contributed by atoms with Crippen molar-refractivity contribution in [2.24, 2.45) is 10.8 Å². The first-order valence-corrected chi connectivity index (χ1v) is 5.69. The summed E-state index contributed by atoms with van der Waals surface area (Å²) >= 11 is 3.36. The molecule has 6 heteroatoms. The number of nitrogens with zero attached hydrogens (tertiary/aromatic N) is 2. The van der Waals surface area contributed by atoms with E-state index in [0.717, 1.165) is 22.1 Å². The number of anilines is 1. The van der Waals surface area contributed by atoms with Crippen LogP contribution in [-0.2, 0) is 11.2 Å². The molecule has 0 spiro atoms. The lowest BCUT2D eigenvalue weighted by Gasteiger charge is -2.07. The Balaban J connectivity index is 2.97. The van der Waals surface area contributed by atoms with Gasteiger partial charge in [-0.25, -0.2) is 0 Å². The highest BCUT2D eigenvalue weighted by Gasteiger charge is 2.06. The molecule has 5 nitrogen and oxygen atoms in total. The number of primary amides is 1. The Labute approximate surface area is 107 Å². The van der Waals surface area contributed by atoms with E-state index >= 15 is 0 Å². The van der Waals surface area contributed by atoms with Gasteiger partial charge in [-0.05, 0) is 30.2 Å². The molecule has 88 valence electrons. The van der Waals surface area contributed by atoms with Gasteiger partial charge in [-0.3, -0.25) is 10.2 Å². The van der Waals surface area contributed by atoms with Gasteiger partial charge in [-0.15, -0.1) is 0 Å². The molecule has 0 aliphatic heterocycles. The highest BCUT2D eigenvalue weighted by Crippen LogP contribution is 2.21. The normalized spacial score (nSPS) is 10.8. The van der Waals surface area contributed by atoms with Crippen molar-refractivity contribution in [3.63, 3.8) is 0 Å². The fourth-order valence-corrected chi connectivity index (χ4v) is 1.62. The lowest BCUT2D eigenvalue weighted by molar-refractivity contribution is -0.111. The highest BCUT2D eigenvalue weighted by atomic mass is 79.9. The van der Waals surface area contributed by atoms with Crippen LogP contribution in [0.15, 0.2) is 27.8 Å². The Morgan fingerprint density at radius 3 is 2.88 bits per heavy atom. The van der Waals surface area contributed by atoms with Crippen LogP contribution in [0.5, 0.6) is 0 Å². The van der Waals surface area contributed by atoms with E-state index in [9.17, 15) is 4.79 Å². The van der Waals surface area contributed by atoms with Crippen molar-refractivity contribution < 1.29 is 4.79 Å². The summed E-state index contributed by atoms with van der Waals surface area (Å²) in [5.74, 6) is -0.852. The Bertz CT molecular complexity index is 505. The Morgan fingerprint density at radius 2 is 2.35 bits per heavy atom. The predicted octanol–water partition coefficient (Wildman–Crippen LogP) is 1.79. The average molecular weight is 295 g/mol. The number of carbonyl (C=O) groups is 1. The molecule has 17 heavy (non-hydrogen) atoms. The van der Waals surface area contributed by atoms with Crippen molar-refractivity contribution in [2.45, 2.75) is 13.3 Å². The number of halogens is 1. The fraction of sp³-hybridized carbons (Fsp3) is 0.182. The molecule has 0 saturated carbocycles. The minimum absolute atomic E-state index is 0.352. The molecule has 3 N–H and O–H groups in total. The third-order valence-corrected chi connectivity index (χ3v) is 2.57. The predicted molar refractivity (Wildman–Crippen MR) is 69.4 cm³/mol. The van der Waals surface area contributed by atoms with E-state index in [0.29, 0.717) is 0 Å². The number of nitrogens with two attached hydrogens (primary N) is 1. The summed E-state index contributed by atoms with van der Waals surface area (Å²) in [5, 5.41) is 12.3. The Morgan fingerprint density at radius 1 is 1.65 bits per heavy atom. The summed E-state index contributed by atoms with van der Waals surface area (Å²) in [6, 6.07) is 7.21. The van der Waals surface area contributed by atoms with E-state index in [1.807, 2.05) is 25.1 Å². The molecule has 0 aliphatic carbocycles. The second-order valence-corrected chi connectivity index (χ2v) is 4.12. The zero-order valence-corrected chi connectivity index (χ0v) is 10.8. The summed E-state index contributed by atoms with van der Waals surface area (Å²) < 4.78 is 0.958. The molecule has 0 aliphatic rings. The van der Waals surface area contributed by atoms with Crippen molar-refractivity contribution in [2.75, 3.05) is 5.43 Å². The molecular formula is C11H11BrN4O. The van der Waals surface area contributed by atoms with Gasteiger partial charge in [0.1, 0.15) is 6.07 Å². The maximum atomic E-state index is 10.8. The molecule has 1 rings (SSSR count). The van der Waals surface area contributed by atoms with Crippen LogP contribution in [0.4, 0.5) is 5.69 Å². The van der Waals surface area contributed by atoms with E-state index in [4.69, 9.17) is 11.0 Å². The van der Waals surface area contributed by atoms with Crippen molar-refractivity contribution in [1.29, 1.82) is 5.26 Å². The van der Waals surface area contributed by atoms with E-state index in [2.05, 4.69) is 26.5 Å². The molecule has 0 atom stereocenters. The van der Waals surface area contributed by atoms with Crippen LogP contribution in [0.3, 0.4) is 0 Å². The number of hydrogen-bond acceptors (Lipinski definition) is 4. The van der Waals surface area contributed by atoms with E-state index < -0.39 is 5.91 Å². The second kappa shape index (κ2) is 6.01. The van der Waals surface area contributed by atoms with Crippen LogP contribution in [-0.4, -0.2) is 11.6 Å². The summed E-state index contributed by atoms with van der Waals surface area (Å²) in [6.45, 7) is 2.00. The number of nitriles is 1. The summed E-state index contributed by atoms with van der Waals surface area (Å²) in [5.41, 5.74) is 9.04. The third kappa shape index (κ3) is 3.57. The van der Waals surface area contributed by atoms with Crippen molar-refractivity contribution in [3.05, 3.63) is 28.2 Å².